The second-order valence-electron chi connectivity index (χ2n) is 5.36. The first-order chi connectivity index (χ1) is 9.52. The molecule has 0 aliphatic rings. The summed E-state index contributed by atoms with van der Waals surface area (Å²) >= 11 is 0. The molecule has 0 fully saturated rings. The molecule has 1 atom stereocenters. The van der Waals surface area contributed by atoms with Crippen LogP contribution in [0.5, 0.6) is 0 Å². The average Bonchev–Trinajstić information content (AvgIpc) is 2.90. The van der Waals surface area contributed by atoms with Gasteiger partial charge in [-0.2, -0.15) is 0 Å². The monoisotopic (exact) mass is 276 g/mol. The lowest BCUT2D eigenvalue weighted by Gasteiger charge is -2.15. The predicted molar refractivity (Wildman–Crippen MR) is 79.9 cm³/mol. The van der Waals surface area contributed by atoms with Crippen molar-refractivity contribution in [3.8, 4) is 0 Å². The summed E-state index contributed by atoms with van der Waals surface area (Å²) in [5.41, 5.74) is 3.09. The van der Waals surface area contributed by atoms with E-state index in [1.54, 1.807) is 0 Å². The minimum Gasteiger partial charge on any atom is -0.361 e. The van der Waals surface area contributed by atoms with Gasteiger partial charge in [-0.25, -0.2) is 4.98 Å². The van der Waals surface area contributed by atoms with Crippen molar-refractivity contribution in [3.63, 3.8) is 0 Å². The summed E-state index contributed by atoms with van der Waals surface area (Å²) in [6.45, 7) is 11.2. The minimum atomic E-state index is 0.128. The van der Waals surface area contributed by atoms with Gasteiger partial charge in [0.15, 0.2) is 0 Å². The number of nitrogens with one attached hydrogen (secondary N) is 1. The van der Waals surface area contributed by atoms with Gasteiger partial charge >= 0.3 is 0 Å². The number of imidazole rings is 1. The van der Waals surface area contributed by atoms with Crippen LogP contribution in [-0.4, -0.2) is 14.7 Å². The Morgan fingerprint density at radius 1 is 1.35 bits per heavy atom. The van der Waals surface area contributed by atoms with Crippen LogP contribution in [-0.2, 0) is 6.54 Å². The molecule has 1 N–H and O–H groups in total. The first-order valence-corrected chi connectivity index (χ1v) is 7.26. The maximum atomic E-state index is 5.24. The smallest absolute Gasteiger partial charge is 0.203 e. The van der Waals surface area contributed by atoms with Crippen LogP contribution in [0.3, 0.4) is 0 Å². The van der Waals surface area contributed by atoms with Gasteiger partial charge in [0.25, 0.3) is 0 Å². The van der Waals surface area contributed by atoms with E-state index in [-0.39, 0.29) is 6.04 Å². The van der Waals surface area contributed by atoms with Gasteiger partial charge in [0, 0.05) is 18.3 Å². The standard InChI is InChI=1S/C15H24N4O/c1-6-7-8-19-9-10(2)16-15(19)17-11(3)14-12(4)18-20-13(14)5/h9,11H,6-8H2,1-5H3,(H,16,17). The Balaban J connectivity index is 2.17. The fourth-order valence-corrected chi connectivity index (χ4v) is 2.53. The van der Waals surface area contributed by atoms with Gasteiger partial charge in [-0.15, -0.1) is 0 Å². The number of aryl methyl sites for hydroxylation is 4. The zero-order valence-electron chi connectivity index (χ0n) is 13.0. The van der Waals surface area contributed by atoms with E-state index in [4.69, 9.17) is 4.52 Å². The fraction of sp³-hybridized carbons (Fsp3) is 0.600. The molecule has 2 aromatic heterocycles. The quantitative estimate of drug-likeness (QED) is 0.872. The van der Waals surface area contributed by atoms with Gasteiger partial charge in [-0.05, 0) is 34.1 Å². The zero-order chi connectivity index (χ0) is 14.7. The molecule has 0 spiro atoms. The molecule has 2 heterocycles. The second kappa shape index (κ2) is 6.11. The van der Waals surface area contributed by atoms with Gasteiger partial charge < -0.3 is 14.4 Å². The van der Waals surface area contributed by atoms with E-state index in [0.717, 1.165) is 41.6 Å². The van der Waals surface area contributed by atoms with Crippen molar-refractivity contribution in [2.24, 2.45) is 0 Å². The Morgan fingerprint density at radius 2 is 2.10 bits per heavy atom. The third-order valence-electron chi connectivity index (χ3n) is 3.52. The van der Waals surface area contributed by atoms with Crippen molar-refractivity contribution in [3.05, 3.63) is 28.9 Å². The predicted octanol–water partition coefficient (Wildman–Crippen LogP) is 3.77. The maximum Gasteiger partial charge on any atom is 0.203 e. The molecule has 0 saturated heterocycles. The molecule has 2 rings (SSSR count). The molecule has 5 heteroatoms. The Hall–Kier alpha value is -1.78. The van der Waals surface area contributed by atoms with Crippen molar-refractivity contribution in [2.45, 2.75) is 60.0 Å². The highest BCUT2D eigenvalue weighted by Gasteiger charge is 2.18. The van der Waals surface area contributed by atoms with E-state index in [9.17, 15) is 0 Å². The minimum absolute atomic E-state index is 0.128. The Morgan fingerprint density at radius 3 is 2.70 bits per heavy atom. The molecule has 0 saturated carbocycles. The van der Waals surface area contributed by atoms with E-state index in [1.807, 2.05) is 20.8 Å². The Kier molecular flexibility index (Phi) is 4.47. The number of aromatic nitrogens is 3. The molecule has 20 heavy (non-hydrogen) atoms. The molecule has 1 unspecified atom stereocenters. The third kappa shape index (κ3) is 3.03. The van der Waals surface area contributed by atoms with Gasteiger partial charge in [0.05, 0.1) is 17.4 Å². The number of hydrogen-bond donors (Lipinski definition) is 1. The average molecular weight is 276 g/mol. The van der Waals surface area contributed by atoms with E-state index in [1.165, 1.54) is 6.42 Å². The van der Waals surface area contributed by atoms with Gasteiger partial charge in [0.2, 0.25) is 5.95 Å². The SMILES string of the molecule is CCCCn1cc(C)nc1NC(C)c1c(C)noc1C. The van der Waals surface area contributed by atoms with Crippen LogP contribution in [0.15, 0.2) is 10.7 Å². The van der Waals surface area contributed by atoms with Crippen LogP contribution in [0.2, 0.25) is 0 Å². The summed E-state index contributed by atoms with van der Waals surface area (Å²) < 4.78 is 7.43. The first kappa shape index (κ1) is 14.6. The number of unbranched alkanes of at least 4 members (excludes halogenated alkanes) is 1. The molecular weight excluding hydrogens is 252 g/mol. The van der Waals surface area contributed by atoms with Gasteiger partial charge in [0.1, 0.15) is 5.76 Å². The van der Waals surface area contributed by atoms with E-state index in [2.05, 4.69) is 40.1 Å². The van der Waals surface area contributed by atoms with E-state index >= 15 is 0 Å². The Bertz CT molecular complexity index is 551. The zero-order valence-corrected chi connectivity index (χ0v) is 13.0. The normalized spacial score (nSPS) is 12.7. The highest BCUT2D eigenvalue weighted by molar-refractivity contribution is 5.36. The molecule has 0 bridgehead atoms. The second-order valence-corrected chi connectivity index (χ2v) is 5.36. The molecule has 5 nitrogen and oxygen atoms in total. The van der Waals surface area contributed by atoms with Crippen molar-refractivity contribution in [1.29, 1.82) is 0 Å². The molecular formula is C15H24N4O. The number of anilines is 1. The summed E-state index contributed by atoms with van der Waals surface area (Å²) in [7, 11) is 0. The van der Waals surface area contributed by atoms with E-state index in [0.29, 0.717) is 0 Å². The van der Waals surface area contributed by atoms with Gasteiger partial charge in [-0.1, -0.05) is 18.5 Å². The topological polar surface area (TPSA) is 55.9 Å². The summed E-state index contributed by atoms with van der Waals surface area (Å²) in [5.74, 6) is 1.79. The summed E-state index contributed by atoms with van der Waals surface area (Å²) in [6.07, 6.45) is 4.43. The van der Waals surface area contributed by atoms with Crippen LogP contribution < -0.4 is 5.32 Å². The largest absolute Gasteiger partial charge is 0.361 e. The maximum absolute atomic E-state index is 5.24. The van der Waals surface area contributed by atoms with Crippen molar-refractivity contribution < 1.29 is 4.52 Å². The van der Waals surface area contributed by atoms with Crippen LogP contribution in [0, 0.1) is 20.8 Å². The number of hydrogen-bond acceptors (Lipinski definition) is 4. The molecule has 0 radical (unpaired) electrons. The lowest BCUT2D eigenvalue weighted by Crippen LogP contribution is -2.13. The summed E-state index contributed by atoms with van der Waals surface area (Å²) in [4.78, 5) is 4.57. The highest BCUT2D eigenvalue weighted by Crippen LogP contribution is 2.24. The fourth-order valence-electron chi connectivity index (χ4n) is 2.53. The lowest BCUT2D eigenvalue weighted by molar-refractivity contribution is 0.392. The lowest BCUT2D eigenvalue weighted by atomic mass is 10.1. The van der Waals surface area contributed by atoms with Crippen LogP contribution in [0.1, 0.15) is 55.4 Å². The summed E-state index contributed by atoms with van der Waals surface area (Å²) in [6, 6.07) is 0.128. The Labute approximate surface area is 120 Å². The van der Waals surface area contributed by atoms with Crippen molar-refractivity contribution in [1.82, 2.24) is 14.7 Å². The molecule has 0 aliphatic heterocycles. The van der Waals surface area contributed by atoms with Crippen LogP contribution in [0.25, 0.3) is 0 Å². The van der Waals surface area contributed by atoms with E-state index < -0.39 is 0 Å². The number of nitrogens with zero attached hydrogens (tertiary/aromatic N) is 3. The first-order valence-electron chi connectivity index (χ1n) is 7.26. The molecule has 2 aromatic rings. The van der Waals surface area contributed by atoms with Gasteiger partial charge in [-0.3, -0.25) is 0 Å². The van der Waals surface area contributed by atoms with Crippen LogP contribution >= 0.6 is 0 Å². The molecule has 0 amide bonds. The molecule has 0 aromatic carbocycles. The highest BCUT2D eigenvalue weighted by atomic mass is 16.5. The number of rotatable bonds is 6. The summed E-state index contributed by atoms with van der Waals surface area (Å²) in [5, 5.41) is 7.49. The van der Waals surface area contributed by atoms with Crippen molar-refractivity contribution in [2.75, 3.05) is 5.32 Å². The molecule has 110 valence electrons. The van der Waals surface area contributed by atoms with Crippen molar-refractivity contribution >= 4 is 5.95 Å². The third-order valence-corrected chi connectivity index (χ3v) is 3.52. The van der Waals surface area contributed by atoms with Crippen LogP contribution in [0.4, 0.5) is 5.95 Å². The molecule has 0 aliphatic carbocycles.